The summed E-state index contributed by atoms with van der Waals surface area (Å²) in [7, 11) is 0. The van der Waals surface area contributed by atoms with Gasteiger partial charge in [-0.3, -0.25) is 9.78 Å². The summed E-state index contributed by atoms with van der Waals surface area (Å²) in [6, 6.07) is 9.53. The number of nitrogens with zero attached hydrogens (tertiary/aromatic N) is 5. The summed E-state index contributed by atoms with van der Waals surface area (Å²) in [4.78, 5) is 31.2. The minimum atomic E-state index is 0.0875. The normalized spacial score (nSPS) is 14.6. The smallest absolute Gasteiger partial charge is 0.255 e. The van der Waals surface area contributed by atoms with E-state index in [0.717, 1.165) is 44.6 Å². The molecule has 4 heterocycles. The predicted octanol–water partition coefficient (Wildman–Crippen LogP) is 3.50. The number of likely N-dealkylation sites (tertiary alicyclic amines) is 1. The van der Waals surface area contributed by atoms with Gasteiger partial charge in [-0.25, -0.2) is 15.0 Å². The number of rotatable bonds is 6. The third-order valence-corrected chi connectivity index (χ3v) is 5.28. The van der Waals surface area contributed by atoms with Crippen molar-refractivity contribution in [3.8, 4) is 0 Å². The lowest BCUT2D eigenvalue weighted by atomic mass is 9.90. The Labute approximate surface area is 170 Å². The fourth-order valence-corrected chi connectivity index (χ4v) is 3.64. The van der Waals surface area contributed by atoms with Crippen LogP contribution in [0.1, 0.15) is 35.2 Å². The van der Waals surface area contributed by atoms with Crippen molar-refractivity contribution in [3.05, 3.63) is 72.4 Å². The highest BCUT2D eigenvalue weighted by molar-refractivity contribution is 5.93. The Morgan fingerprint density at radius 2 is 1.86 bits per heavy atom. The number of hydrogen-bond donors (Lipinski definition) is 1. The van der Waals surface area contributed by atoms with Gasteiger partial charge in [-0.15, -0.1) is 0 Å². The van der Waals surface area contributed by atoms with Gasteiger partial charge in [0.25, 0.3) is 5.91 Å². The quantitative estimate of drug-likeness (QED) is 0.696. The SMILES string of the molecule is O=C(c1cccnc1)N1CCC(CCc2ccnc(Nc3ncccn3)c2)CC1. The van der Waals surface area contributed by atoms with Crippen molar-refractivity contribution in [2.75, 3.05) is 18.4 Å². The number of nitrogens with one attached hydrogen (secondary N) is 1. The average molecular weight is 388 g/mol. The molecule has 0 spiro atoms. The van der Waals surface area contributed by atoms with Crippen molar-refractivity contribution >= 4 is 17.7 Å². The fourth-order valence-electron chi connectivity index (χ4n) is 3.64. The molecule has 0 atom stereocenters. The zero-order chi connectivity index (χ0) is 19.9. The molecule has 7 nitrogen and oxygen atoms in total. The van der Waals surface area contributed by atoms with E-state index in [-0.39, 0.29) is 5.91 Å². The van der Waals surface area contributed by atoms with Gasteiger partial charge < -0.3 is 10.2 Å². The standard InChI is InChI=1S/C22H24N6O/c29-21(19-3-1-9-23-16-19)28-13-7-17(8-14-28)4-5-18-6-12-24-20(15-18)27-22-25-10-2-11-26-22/h1-3,6,9-12,15-17H,4-5,7-8,13-14H2,(H,24,25,26,27). The van der Waals surface area contributed by atoms with E-state index in [2.05, 4.69) is 37.4 Å². The first-order valence-corrected chi connectivity index (χ1v) is 9.96. The summed E-state index contributed by atoms with van der Waals surface area (Å²) in [5, 5.41) is 3.13. The van der Waals surface area contributed by atoms with E-state index >= 15 is 0 Å². The number of carbonyl (C=O) groups excluding carboxylic acids is 1. The maximum absolute atomic E-state index is 12.5. The van der Waals surface area contributed by atoms with Gasteiger partial charge in [0.2, 0.25) is 5.95 Å². The molecule has 4 rings (SSSR count). The Hall–Kier alpha value is -3.35. The molecule has 1 saturated heterocycles. The van der Waals surface area contributed by atoms with E-state index < -0.39 is 0 Å². The summed E-state index contributed by atoms with van der Waals surface area (Å²) in [6.07, 6.45) is 12.7. The van der Waals surface area contributed by atoms with E-state index in [0.29, 0.717) is 17.4 Å². The minimum absolute atomic E-state index is 0.0875. The summed E-state index contributed by atoms with van der Waals surface area (Å²) >= 11 is 0. The summed E-state index contributed by atoms with van der Waals surface area (Å²) in [5.41, 5.74) is 1.91. The van der Waals surface area contributed by atoms with Crippen LogP contribution in [0.25, 0.3) is 0 Å². The zero-order valence-electron chi connectivity index (χ0n) is 16.2. The van der Waals surface area contributed by atoms with E-state index in [1.54, 1.807) is 30.9 Å². The number of aryl methyl sites for hydroxylation is 1. The molecule has 3 aromatic rings. The van der Waals surface area contributed by atoms with Gasteiger partial charge in [0.05, 0.1) is 5.56 Å². The van der Waals surface area contributed by atoms with Crippen LogP contribution in [0.2, 0.25) is 0 Å². The molecule has 7 heteroatoms. The zero-order valence-corrected chi connectivity index (χ0v) is 16.2. The molecule has 1 N–H and O–H groups in total. The van der Waals surface area contributed by atoms with Crippen LogP contribution >= 0.6 is 0 Å². The predicted molar refractivity (Wildman–Crippen MR) is 111 cm³/mol. The number of aromatic nitrogens is 4. The van der Waals surface area contributed by atoms with Gasteiger partial charge >= 0.3 is 0 Å². The minimum Gasteiger partial charge on any atom is -0.339 e. The first-order valence-electron chi connectivity index (χ1n) is 9.96. The molecule has 1 fully saturated rings. The second-order valence-corrected chi connectivity index (χ2v) is 7.26. The Kier molecular flexibility index (Phi) is 6.04. The lowest BCUT2D eigenvalue weighted by molar-refractivity contribution is 0.0686. The molecule has 1 aliphatic rings. The number of hydrogen-bond acceptors (Lipinski definition) is 6. The number of carbonyl (C=O) groups is 1. The van der Waals surface area contributed by atoms with Crippen molar-refractivity contribution < 1.29 is 4.79 Å². The largest absolute Gasteiger partial charge is 0.339 e. The molecule has 0 saturated carbocycles. The van der Waals surface area contributed by atoms with Gasteiger partial charge in [0.15, 0.2) is 0 Å². The van der Waals surface area contributed by atoms with Gasteiger partial charge in [0.1, 0.15) is 5.82 Å². The highest BCUT2D eigenvalue weighted by atomic mass is 16.2. The number of pyridine rings is 2. The van der Waals surface area contributed by atoms with Crippen molar-refractivity contribution in [1.82, 2.24) is 24.8 Å². The lowest BCUT2D eigenvalue weighted by Gasteiger charge is -2.32. The third-order valence-electron chi connectivity index (χ3n) is 5.28. The maximum atomic E-state index is 12.5. The van der Waals surface area contributed by atoms with Gasteiger partial charge in [-0.05, 0) is 67.5 Å². The van der Waals surface area contributed by atoms with Gasteiger partial charge in [-0.1, -0.05) is 0 Å². The van der Waals surface area contributed by atoms with Crippen LogP contribution in [0.15, 0.2) is 61.3 Å². The number of anilines is 2. The lowest BCUT2D eigenvalue weighted by Crippen LogP contribution is -2.38. The second-order valence-electron chi connectivity index (χ2n) is 7.26. The molecular formula is C22H24N6O. The Balaban J connectivity index is 1.26. The molecule has 0 unspecified atom stereocenters. The maximum Gasteiger partial charge on any atom is 0.255 e. The molecule has 0 aliphatic carbocycles. The van der Waals surface area contributed by atoms with E-state index in [9.17, 15) is 4.79 Å². The Morgan fingerprint density at radius 3 is 2.62 bits per heavy atom. The molecule has 3 aromatic heterocycles. The van der Waals surface area contributed by atoms with Crippen molar-refractivity contribution in [1.29, 1.82) is 0 Å². The first kappa shape index (κ1) is 19.0. The van der Waals surface area contributed by atoms with E-state index in [4.69, 9.17) is 0 Å². The van der Waals surface area contributed by atoms with Crippen LogP contribution in [0, 0.1) is 5.92 Å². The molecule has 0 aromatic carbocycles. The highest BCUT2D eigenvalue weighted by Crippen LogP contribution is 2.24. The molecule has 0 bridgehead atoms. The molecule has 29 heavy (non-hydrogen) atoms. The van der Waals surface area contributed by atoms with Crippen LogP contribution < -0.4 is 5.32 Å². The molecule has 148 valence electrons. The van der Waals surface area contributed by atoms with E-state index in [1.807, 2.05) is 23.2 Å². The summed E-state index contributed by atoms with van der Waals surface area (Å²) in [6.45, 7) is 1.62. The number of amides is 1. The fraction of sp³-hybridized carbons (Fsp3) is 0.318. The van der Waals surface area contributed by atoms with Crippen LogP contribution in [-0.2, 0) is 6.42 Å². The first-order chi connectivity index (χ1) is 14.3. The van der Waals surface area contributed by atoms with Gasteiger partial charge in [0, 0.05) is 44.1 Å². The average Bonchev–Trinajstić information content (AvgIpc) is 2.79. The Bertz CT molecular complexity index is 926. The van der Waals surface area contributed by atoms with Crippen molar-refractivity contribution in [3.63, 3.8) is 0 Å². The van der Waals surface area contributed by atoms with Crippen LogP contribution in [0.3, 0.4) is 0 Å². The third kappa shape index (κ3) is 5.13. The second kappa shape index (κ2) is 9.23. The van der Waals surface area contributed by atoms with Crippen LogP contribution in [0.4, 0.5) is 11.8 Å². The van der Waals surface area contributed by atoms with Crippen LogP contribution in [0.5, 0.6) is 0 Å². The molecule has 0 radical (unpaired) electrons. The monoisotopic (exact) mass is 388 g/mol. The molecular weight excluding hydrogens is 364 g/mol. The van der Waals surface area contributed by atoms with Crippen LogP contribution in [-0.4, -0.2) is 43.8 Å². The van der Waals surface area contributed by atoms with Crippen molar-refractivity contribution in [2.45, 2.75) is 25.7 Å². The Morgan fingerprint density at radius 1 is 1.03 bits per heavy atom. The van der Waals surface area contributed by atoms with Gasteiger partial charge in [-0.2, -0.15) is 0 Å². The molecule has 1 aliphatic heterocycles. The topological polar surface area (TPSA) is 83.9 Å². The summed E-state index contributed by atoms with van der Waals surface area (Å²) in [5.74, 6) is 2.02. The van der Waals surface area contributed by atoms with Crippen molar-refractivity contribution in [2.24, 2.45) is 5.92 Å². The summed E-state index contributed by atoms with van der Waals surface area (Å²) < 4.78 is 0. The molecule has 1 amide bonds. The van der Waals surface area contributed by atoms with E-state index in [1.165, 1.54) is 5.56 Å². The highest BCUT2D eigenvalue weighted by Gasteiger charge is 2.23. The number of piperidine rings is 1.